The zero-order valence-electron chi connectivity index (χ0n) is 14.8. The highest BCUT2D eigenvalue weighted by atomic mass is 16.5. The molecule has 1 aromatic carbocycles. The monoisotopic (exact) mass is 330 g/mol. The Morgan fingerprint density at radius 3 is 2.46 bits per heavy atom. The standard InChI is InChI=1S/C19H26N2O3/c1-15(2)6-5-7-16(3)12-13-20-21-19(22)14-24-18-10-8-17(23-4)9-11-18/h6,8-13H,5,7,14H2,1-4H3,(H,21,22)/b16-12+,20-13+. The maximum absolute atomic E-state index is 11.6. The lowest BCUT2D eigenvalue weighted by atomic mass is 10.1. The van der Waals surface area contributed by atoms with Crippen LogP contribution in [0.15, 0.2) is 52.7 Å². The summed E-state index contributed by atoms with van der Waals surface area (Å²) in [5, 5.41) is 3.88. The molecular weight excluding hydrogens is 304 g/mol. The molecule has 0 bridgehead atoms. The Bertz CT molecular complexity index is 598. The van der Waals surface area contributed by atoms with Crippen molar-refractivity contribution in [3.05, 3.63) is 47.6 Å². The van der Waals surface area contributed by atoms with Crippen molar-refractivity contribution in [2.24, 2.45) is 5.10 Å². The molecular formula is C19H26N2O3. The van der Waals surface area contributed by atoms with Crippen molar-refractivity contribution in [1.82, 2.24) is 5.43 Å². The first kappa shape index (κ1) is 19.5. The molecule has 24 heavy (non-hydrogen) atoms. The molecule has 1 rings (SSSR count). The second kappa shape index (κ2) is 11.0. The quantitative estimate of drug-likeness (QED) is 0.425. The number of allylic oxidation sites excluding steroid dienone is 4. The van der Waals surface area contributed by atoms with Crippen LogP contribution in [0.5, 0.6) is 11.5 Å². The van der Waals surface area contributed by atoms with Gasteiger partial charge >= 0.3 is 0 Å². The third-order valence-corrected chi connectivity index (χ3v) is 3.14. The van der Waals surface area contributed by atoms with E-state index in [0.29, 0.717) is 5.75 Å². The van der Waals surface area contributed by atoms with Crippen molar-refractivity contribution in [3.63, 3.8) is 0 Å². The number of hydrazone groups is 1. The summed E-state index contributed by atoms with van der Waals surface area (Å²) in [6.07, 6.45) is 7.67. The largest absolute Gasteiger partial charge is 0.497 e. The molecule has 0 aliphatic heterocycles. The highest BCUT2D eigenvalue weighted by Crippen LogP contribution is 2.16. The van der Waals surface area contributed by atoms with Crippen molar-refractivity contribution in [2.45, 2.75) is 33.6 Å². The van der Waals surface area contributed by atoms with Gasteiger partial charge in [0.2, 0.25) is 0 Å². The first-order valence-corrected chi connectivity index (χ1v) is 7.89. The molecule has 0 fully saturated rings. The number of benzene rings is 1. The number of ether oxygens (including phenoxy) is 2. The average molecular weight is 330 g/mol. The summed E-state index contributed by atoms with van der Waals surface area (Å²) < 4.78 is 10.4. The molecule has 0 aliphatic rings. The molecule has 1 N–H and O–H groups in total. The van der Waals surface area contributed by atoms with E-state index >= 15 is 0 Å². The van der Waals surface area contributed by atoms with Gasteiger partial charge in [0.25, 0.3) is 5.91 Å². The van der Waals surface area contributed by atoms with Crippen molar-refractivity contribution in [3.8, 4) is 11.5 Å². The lowest BCUT2D eigenvalue weighted by molar-refractivity contribution is -0.123. The third kappa shape index (κ3) is 8.78. The molecule has 5 nitrogen and oxygen atoms in total. The minimum atomic E-state index is -0.308. The van der Waals surface area contributed by atoms with Gasteiger partial charge in [-0.2, -0.15) is 5.10 Å². The van der Waals surface area contributed by atoms with Gasteiger partial charge in [0.15, 0.2) is 6.61 Å². The van der Waals surface area contributed by atoms with E-state index in [1.807, 2.05) is 13.0 Å². The van der Waals surface area contributed by atoms with E-state index in [9.17, 15) is 4.79 Å². The fourth-order valence-corrected chi connectivity index (χ4v) is 1.80. The molecule has 0 saturated heterocycles. The Kier molecular flexibility index (Phi) is 8.97. The van der Waals surface area contributed by atoms with Crippen molar-refractivity contribution < 1.29 is 14.3 Å². The number of hydrogen-bond acceptors (Lipinski definition) is 4. The van der Waals surface area contributed by atoms with E-state index in [4.69, 9.17) is 9.47 Å². The Morgan fingerprint density at radius 2 is 1.83 bits per heavy atom. The van der Waals surface area contributed by atoms with Gasteiger partial charge < -0.3 is 9.47 Å². The normalized spacial score (nSPS) is 11.2. The molecule has 0 spiro atoms. The second-order valence-electron chi connectivity index (χ2n) is 5.61. The molecule has 0 heterocycles. The zero-order valence-corrected chi connectivity index (χ0v) is 14.8. The maximum atomic E-state index is 11.6. The SMILES string of the molecule is COc1ccc(OCC(=O)N/N=C/C=C(\C)CCC=C(C)C)cc1. The maximum Gasteiger partial charge on any atom is 0.277 e. The highest BCUT2D eigenvalue weighted by Gasteiger charge is 2.01. The molecule has 1 amide bonds. The minimum absolute atomic E-state index is 0.0903. The Labute approximate surface area is 144 Å². The van der Waals surface area contributed by atoms with Crippen LogP contribution < -0.4 is 14.9 Å². The number of methoxy groups -OCH3 is 1. The van der Waals surface area contributed by atoms with Gasteiger partial charge in [0.1, 0.15) is 11.5 Å². The average Bonchev–Trinajstić information content (AvgIpc) is 2.57. The predicted octanol–water partition coefficient (Wildman–Crippen LogP) is 3.87. The smallest absolute Gasteiger partial charge is 0.277 e. The number of nitrogens with zero attached hydrogens (tertiary/aromatic N) is 1. The van der Waals surface area contributed by atoms with Crippen LogP contribution in [0.25, 0.3) is 0 Å². The number of rotatable bonds is 9. The van der Waals surface area contributed by atoms with Crippen LogP contribution in [0.1, 0.15) is 33.6 Å². The summed E-state index contributed by atoms with van der Waals surface area (Å²) in [7, 11) is 1.60. The highest BCUT2D eigenvalue weighted by molar-refractivity contribution is 5.79. The first-order chi connectivity index (χ1) is 11.5. The topological polar surface area (TPSA) is 59.9 Å². The molecule has 130 valence electrons. The predicted molar refractivity (Wildman–Crippen MR) is 97.5 cm³/mol. The van der Waals surface area contributed by atoms with Crippen LogP contribution >= 0.6 is 0 Å². The fraction of sp³-hybridized carbons (Fsp3) is 0.368. The van der Waals surface area contributed by atoms with Gasteiger partial charge in [-0.15, -0.1) is 0 Å². The van der Waals surface area contributed by atoms with Gasteiger partial charge in [-0.1, -0.05) is 17.2 Å². The van der Waals surface area contributed by atoms with Crippen LogP contribution in [0.2, 0.25) is 0 Å². The van der Waals surface area contributed by atoms with Crippen LogP contribution in [0.3, 0.4) is 0 Å². The molecule has 0 aliphatic carbocycles. The molecule has 0 radical (unpaired) electrons. The first-order valence-electron chi connectivity index (χ1n) is 7.89. The second-order valence-corrected chi connectivity index (χ2v) is 5.61. The molecule has 0 atom stereocenters. The van der Waals surface area contributed by atoms with E-state index in [0.717, 1.165) is 18.6 Å². The molecule has 5 heteroatoms. The van der Waals surface area contributed by atoms with E-state index in [2.05, 4.69) is 30.5 Å². The molecule has 0 aromatic heterocycles. The van der Waals surface area contributed by atoms with Gasteiger partial charge in [-0.05, 0) is 64.0 Å². The number of hydrogen-bond donors (Lipinski definition) is 1. The van der Waals surface area contributed by atoms with Crippen molar-refractivity contribution in [2.75, 3.05) is 13.7 Å². The summed E-state index contributed by atoms with van der Waals surface area (Å²) in [5.41, 5.74) is 4.96. The van der Waals surface area contributed by atoms with E-state index in [-0.39, 0.29) is 12.5 Å². The van der Waals surface area contributed by atoms with Crippen LogP contribution in [-0.2, 0) is 4.79 Å². The number of amides is 1. The molecule has 1 aromatic rings. The van der Waals surface area contributed by atoms with E-state index in [1.54, 1.807) is 37.6 Å². The summed E-state index contributed by atoms with van der Waals surface area (Å²) in [5.74, 6) is 1.03. The van der Waals surface area contributed by atoms with Crippen molar-refractivity contribution in [1.29, 1.82) is 0 Å². The Balaban J connectivity index is 2.28. The van der Waals surface area contributed by atoms with Gasteiger partial charge in [0.05, 0.1) is 7.11 Å². The summed E-state index contributed by atoms with van der Waals surface area (Å²) in [6.45, 7) is 6.13. The minimum Gasteiger partial charge on any atom is -0.497 e. The van der Waals surface area contributed by atoms with Crippen LogP contribution in [0, 0.1) is 0 Å². The summed E-state index contributed by atoms with van der Waals surface area (Å²) in [6, 6.07) is 7.03. The Hall–Kier alpha value is -2.56. The summed E-state index contributed by atoms with van der Waals surface area (Å²) in [4.78, 5) is 11.6. The van der Waals surface area contributed by atoms with Crippen molar-refractivity contribution >= 4 is 12.1 Å². The zero-order chi connectivity index (χ0) is 17.8. The van der Waals surface area contributed by atoms with Crippen LogP contribution in [0.4, 0.5) is 0 Å². The van der Waals surface area contributed by atoms with Gasteiger partial charge in [-0.25, -0.2) is 5.43 Å². The van der Waals surface area contributed by atoms with E-state index in [1.165, 1.54) is 11.1 Å². The number of carbonyl (C=O) groups excluding carboxylic acids is 1. The number of nitrogens with one attached hydrogen (secondary N) is 1. The lowest BCUT2D eigenvalue weighted by Gasteiger charge is -2.05. The van der Waals surface area contributed by atoms with E-state index < -0.39 is 0 Å². The van der Waals surface area contributed by atoms with Gasteiger partial charge in [0, 0.05) is 6.21 Å². The van der Waals surface area contributed by atoms with Gasteiger partial charge in [-0.3, -0.25) is 4.79 Å². The summed E-state index contributed by atoms with van der Waals surface area (Å²) >= 11 is 0. The molecule has 0 saturated carbocycles. The molecule has 0 unspecified atom stereocenters. The fourth-order valence-electron chi connectivity index (χ4n) is 1.80. The Morgan fingerprint density at radius 1 is 1.17 bits per heavy atom. The lowest BCUT2D eigenvalue weighted by Crippen LogP contribution is -2.24. The number of carbonyl (C=O) groups is 1. The third-order valence-electron chi connectivity index (χ3n) is 3.14. The van der Waals surface area contributed by atoms with Crippen LogP contribution in [-0.4, -0.2) is 25.8 Å².